The van der Waals surface area contributed by atoms with Gasteiger partial charge in [-0.05, 0) is 43.2 Å². The van der Waals surface area contributed by atoms with E-state index in [9.17, 15) is 31.8 Å². The van der Waals surface area contributed by atoms with Crippen LogP contribution in [0.3, 0.4) is 0 Å². The first-order valence-corrected chi connectivity index (χ1v) is 11.0. The molecule has 0 radical (unpaired) electrons. The maximum absolute atomic E-state index is 12.7. The van der Waals surface area contributed by atoms with Crippen molar-refractivity contribution in [2.45, 2.75) is 36.1 Å². The monoisotopic (exact) mass is 480 g/mol. The molecule has 3 N–H and O–H groups in total. The number of ether oxygens (including phenoxy) is 1. The number of hydrogen-bond acceptors (Lipinski definition) is 6. The number of hydrogen-bond donors (Lipinski definition) is 3. The van der Waals surface area contributed by atoms with Gasteiger partial charge in [-0.2, -0.15) is 13.2 Å². The average molecular weight is 481 g/mol. The average Bonchev–Trinajstić information content (AvgIpc) is 2.99. The molecule has 0 spiro atoms. The lowest BCUT2D eigenvalue weighted by Crippen LogP contribution is -2.40. The molecule has 0 bridgehead atoms. The van der Waals surface area contributed by atoms with Crippen molar-refractivity contribution in [2.24, 2.45) is 5.41 Å². The molecule has 3 atom stereocenters. The van der Waals surface area contributed by atoms with Crippen LogP contribution < -0.4 is 9.46 Å². The summed E-state index contributed by atoms with van der Waals surface area (Å²) in [6.45, 7) is -0.352. The van der Waals surface area contributed by atoms with E-state index in [0.717, 1.165) is 12.1 Å². The molecule has 1 aromatic carbocycles. The van der Waals surface area contributed by atoms with Crippen molar-refractivity contribution < 1.29 is 36.5 Å². The lowest BCUT2D eigenvalue weighted by molar-refractivity contribution is -0.137. The van der Waals surface area contributed by atoms with Crippen molar-refractivity contribution >= 4 is 21.6 Å². The molecular formula is C19H20ClF3N2O5S. The van der Waals surface area contributed by atoms with Gasteiger partial charge in [0.05, 0.1) is 29.3 Å². The van der Waals surface area contributed by atoms with Crippen LogP contribution in [0.5, 0.6) is 5.88 Å². The van der Waals surface area contributed by atoms with Gasteiger partial charge in [-0.1, -0.05) is 11.6 Å². The fourth-order valence-electron chi connectivity index (χ4n) is 3.36. The van der Waals surface area contributed by atoms with Crippen LogP contribution in [0.2, 0.25) is 5.02 Å². The normalized spacial score (nSPS) is 24.3. The first-order valence-electron chi connectivity index (χ1n) is 9.18. The number of benzene rings is 1. The van der Waals surface area contributed by atoms with Crippen LogP contribution in [-0.2, 0) is 16.2 Å². The highest BCUT2D eigenvalue weighted by Gasteiger charge is 2.45. The van der Waals surface area contributed by atoms with Gasteiger partial charge in [0.1, 0.15) is 0 Å². The first-order chi connectivity index (χ1) is 14.4. The molecule has 1 heterocycles. The number of pyridine rings is 1. The SMILES string of the molecule is O=S(=O)(NCC1(COc2ccc(C(F)(F)F)cn2)C[C@@H](O)[C@@H](O)C1)c1ccc(Cl)cc1. The van der Waals surface area contributed by atoms with Crippen LogP contribution in [0.25, 0.3) is 0 Å². The molecule has 0 amide bonds. The summed E-state index contributed by atoms with van der Waals surface area (Å²) < 4.78 is 71.1. The molecule has 1 aliphatic carbocycles. The second-order valence-corrected chi connectivity index (χ2v) is 9.70. The number of aromatic nitrogens is 1. The van der Waals surface area contributed by atoms with Crippen molar-refractivity contribution in [3.63, 3.8) is 0 Å². The summed E-state index contributed by atoms with van der Waals surface area (Å²) in [7, 11) is -3.91. The number of aliphatic hydroxyl groups is 2. The zero-order chi connectivity index (χ0) is 22.9. The Morgan fingerprint density at radius 2 is 1.74 bits per heavy atom. The molecule has 170 valence electrons. The minimum atomic E-state index is -4.54. The van der Waals surface area contributed by atoms with Crippen molar-refractivity contribution in [2.75, 3.05) is 13.2 Å². The Hall–Kier alpha value is -1.92. The summed E-state index contributed by atoms with van der Waals surface area (Å²) in [6, 6.07) is 7.38. The zero-order valence-corrected chi connectivity index (χ0v) is 17.6. The third-order valence-electron chi connectivity index (χ3n) is 5.08. The van der Waals surface area contributed by atoms with Crippen molar-refractivity contribution in [1.29, 1.82) is 0 Å². The van der Waals surface area contributed by atoms with Crippen LogP contribution in [0.1, 0.15) is 18.4 Å². The summed E-state index contributed by atoms with van der Waals surface area (Å²) in [6.07, 6.45) is -6.04. The fourth-order valence-corrected chi connectivity index (χ4v) is 4.64. The summed E-state index contributed by atoms with van der Waals surface area (Å²) in [5.41, 5.74) is -1.93. The Morgan fingerprint density at radius 3 is 2.26 bits per heavy atom. The Morgan fingerprint density at radius 1 is 1.13 bits per heavy atom. The highest BCUT2D eigenvalue weighted by atomic mass is 35.5. The molecule has 31 heavy (non-hydrogen) atoms. The molecule has 1 fully saturated rings. The van der Waals surface area contributed by atoms with Crippen molar-refractivity contribution in [3.8, 4) is 5.88 Å². The molecule has 0 aliphatic heterocycles. The third kappa shape index (κ3) is 5.86. The van der Waals surface area contributed by atoms with Gasteiger partial charge >= 0.3 is 6.18 Å². The zero-order valence-electron chi connectivity index (χ0n) is 16.0. The van der Waals surface area contributed by atoms with Crippen LogP contribution in [-0.4, -0.2) is 49.0 Å². The molecule has 7 nitrogen and oxygen atoms in total. The number of nitrogens with zero attached hydrogens (tertiary/aromatic N) is 1. The van der Waals surface area contributed by atoms with E-state index in [-0.39, 0.29) is 36.8 Å². The van der Waals surface area contributed by atoms with E-state index in [1.165, 1.54) is 24.3 Å². The summed E-state index contributed by atoms with van der Waals surface area (Å²) in [5.74, 6) is -0.0937. The number of rotatable bonds is 7. The standard InChI is InChI=1S/C19H20ClF3N2O5S/c20-13-2-4-14(5-3-13)31(28,29)25-10-18(7-15(26)16(27)8-18)11-30-17-6-1-12(9-24-17)19(21,22)23/h1-6,9,15-16,25-27H,7-8,10-11H2/t15-,16+,18?. The van der Waals surface area contributed by atoms with Gasteiger partial charge in [-0.15, -0.1) is 0 Å². The van der Waals surface area contributed by atoms with E-state index in [1.54, 1.807) is 0 Å². The van der Waals surface area contributed by atoms with Crippen LogP contribution in [0, 0.1) is 5.41 Å². The Bertz CT molecular complexity index is 991. The lowest BCUT2D eigenvalue weighted by Gasteiger charge is -2.29. The van der Waals surface area contributed by atoms with E-state index in [4.69, 9.17) is 16.3 Å². The smallest absolute Gasteiger partial charge is 0.417 e. The molecule has 0 saturated heterocycles. The molecule has 3 rings (SSSR count). The van der Waals surface area contributed by atoms with Gasteiger partial charge in [0.2, 0.25) is 15.9 Å². The minimum Gasteiger partial charge on any atom is -0.477 e. The molecule has 1 aromatic heterocycles. The number of halogens is 4. The fraction of sp³-hybridized carbons (Fsp3) is 0.421. The predicted molar refractivity (Wildman–Crippen MR) is 105 cm³/mol. The maximum atomic E-state index is 12.7. The topological polar surface area (TPSA) is 109 Å². The largest absolute Gasteiger partial charge is 0.477 e. The lowest BCUT2D eigenvalue weighted by atomic mass is 9.87. The molecule has 1 saturated carbocycles. The number of alkyl halides is 3. The highest BCUT2D eigenvalue weighted by Crippen LogP contribution is 2.39. The Kier molecular flexibility index (Phi) is 6.82. The molecular weight excluding hydrogens is 461 g/mol. The van der Waals surface area contributed by atoms with E-state index in [0.29, 0.717) is 11.2 Å². The van der Waals surface area contributed by atoms with Gasteiger partial charge in [0.15, 0.2) is 0 Å². The van der Waals surface area contributed by atoms with E-state index < -0.39 is 39.4 Å². The van der Waals surface area contributed by atoms with Gasteiger partial charge in [0, 0.05) is 29.2 Å². The summed E-state index contributed by atoms with van der Waals surface area (Å²) >= 11 is 5.78. The van der Waals surface area contributed by atoms with Gasteiger partial charge in [0.25, 0.3) is 0 Å². The number of sulfonamides is 1. The van der Waals surface area contributed by atoms with Gasteiger partial charge < -0.3 is 14.9 Å². The Labute approximate surface area is 181 Å². The summed E-state index contributed by atoms with van der Waals surface area (Å²) in [4.78, 5) is 3.60. The van der Waals surface area contributed by atoms with Gasteiger partial charge in [-0.3, -0.25) is 0 Å². The van der Waals surface area contributed by atoms with Gasteiger partial charge in [-0.25, -0.2) is 18.1 Å². The quantitative estimate of drug-likeness (QED) is 0.562. The van der Waals surface area contributed by atoms with Crippen molar-refractivity contribution in [3.05, 3.63) is 53.2 Å². The number of aliphatic hydroxyl groups excluding tert-OH is 2. The van der Waals surface area contributed by atoms with Crippen LogP contribution in [0.4, 0.5) is 13.2 Å². The first kappa shape index (κ1) is 23.7. The van der Waals surface area contributed by atoms with Crippen molar-refractivity contribution in [1.82, 2.24) is 9.71 Å². The van der Waals surface area contributed by atoms with Crippen LogP contribution >= 0.6 is 11.6 Å². The highest BCUT2D eigenvalue weighted by molar-refractivity contribution is 7.89. The second kappa shape index (κ2) is 8.91. The third-order valence-corrected chi connectivity index (χ3v) is 6.75. The molecule has 2 aromatic rings. The Balaban J connectivity index is 1.72. The second-order valence-electron chi connectivity index (χ2n) is 7.49. The van der Waals surface area contributed by atoms with E-state index in [2.05, 4.69) is 9.71 Å². The van der Waals surface area contributed by atoms with E-state index >= 15 is 0 Å². The number of nitrogens with one attached hydrogen (secondary N) is 1. The molecule has 1 aliphatic rings. The summed E-state index contributed by atoms with van der Waals surface area (Å²) in [5, 5.41) is 20.4. The minimum absolute atomic E-state index is 0.0172. The van der Waals surface area contributed by atoms with E-state index in [1.807, 2.05) is 0 Å². The van der Waals surface area contributed by atoms with Crippen LogP contribution in [0.15, 0.2) is 47.5 Å². The predicted octanol–water partition coefficient (Wildman–Crippen LogP) is 2.61. The molecule has 1 unspecified atom stereocenters. The molecule has 12 heteroatoms. The maximum Gasteiger partial charge on any atom is 0.417 e.